The first-order valence-electron chi connectivity index (χ1n) is 9.73. The molecule has 4 heteroatoms. The minimum absolute atomic E-state index is 0.0344. The average molecular weight is 373 g/mol. The van der Waals surface area contributed by atoms with E-state index in [1.807, 2.05) is 24.3 Å². The third-order valence-corrected chi connectivity index (χ3v) is 6.18. The Morgan fingerprint density at radius 1 is 0.857 bits per heavy atom. The third-order valence-electron chi connectivity index (χ3n) is 6.18. The van der Waals surface area contributed by atoms with Gasteiger partial charge in [-0.15, -0.1) is 0 Å². The first kappa shape index (κ1) is 17.3. The van der Waals surface area contributed by atoms with E-state index in [0.717, 1.165) is 36.1 Å². The van der Waals surface area contributed by atoms with Gasteiger partial charge in [0.2, 0.25) is 0 Å². The molecule has 2 aliphatic heterocycles. The number of aromatic hydroxyl groups is 2. The highest BCUT2D eigenvalue weighted by Gasteiger charge is 2.39. The first-order chi connectivity index (χ1) is 13.7. The van der Waals surface area contributed by atoms with Crippen LogP contribution in [-0.2, 0) is 19.4 Å². The number of hydrogen-bond donors (Lipinski definition) is 3. The summed E-state index contributed by atoms with van der Waals surface area (Å²) in [6.45, 7) is 0.970. The monoisotopic (exact) mass is 373 g/mol. The molecule has 3 aromatic rings. The minimum atomic E-state index is -0.0665. The molecular formula is C24H23NO3. The van der Waals surface area contributed by atoms with Crippen molar-refractivity contribution in [3.63, 3.8) is 0 Å². The number of hydrogen-bond acceptors (Lipinski definition) is 4. The molecule has 0 saturated heterocycles. The van der Waals surface area contributed by atoms with Crippen LogP contribution in [0.5, 0.6) is 11.5 Å². The van der Waals surface area contributed by atoms with Crippen molar-refractivity contribution >= 4 is 0 Å². The van der Waals surface area contributed by atoms with Crippen molar-refractivity contribution in [2.75, 3.05) is 6.54 Å². The maximum Gasteiger partial charge on any atom is 0.157 e. The minimum Gasteiger partial charge on any atom is -0.504 e. The summed E-state index contributed by atoms with van der Waals surface area (Å²) in [6.07, 6.45) is 1.72. The smallest absolute Gasteiger partial charge is 0.157 e. The van der Waals surface area contributed by atoms with E-state index >= 15 is 0 Å². The Kier molecular flexibility index (Phi) is 4.11. The van der Waals surface area contributed by atoms with Gasteiger partial charge >= 0.3 is 0 Å². The fourth-order valence-corrected chi connectivity index (χ4v) is 4.88. The number of rotatable bonds is 2. The lowest BCUT2D eigenvalue weighted by Crippen LogP contribution is -2.43. The molecule has 2 aliphatic rings. The van der Waals surface area contributed by atoms with Gasteiger partial charge in [-0.05, 0) is 58.4 Å². The normalized spacial score (nSPS) is 20.9. The molecule has 2 heterocycles. The van der Waals surface area contributed by atoms with E-state index in [-0.39, 0.29) is 30.2 Å². The number of benzene rings is 3. The van der Waals surface area contributed by atoms with Crippen LogP contribution in [-0.4, -0.2) is 26.8 Å². The van der Waals surface area contributed by atoms with E-state index in [2.05, 4.69) is 29.2 Å². The van der Waals surface area contributed by atoms with Gasteiger partial charge in [-0.1, -0.05) is 48.5 Å². The zero-order valence-electron chi connectivity index (χ0n) is 15.5. The predicted octanol–water partition coefficient (Wildman–Crippen LogP) is 3.84. The van der Waals surface area contributed by atoms with E-state index in [9.17, 15) is 15.3 Å². The Morgan fingerprint density at radius 2 is 1.64 bits per heavy atom. The van der Waals surface area contributed by atoms with E-state index in [0.29, 0.717) is 0 Å². The van der Waals surface area contributed by atoms with Gasteiger partial charge in [-0.2, -0.15) is 0 Å². The highest BCUT2D eigenvalue weighted by Crippen LogP contribution is 2.48. The second-order valence-electron chi connectivity index (χ2n) is 7.75. The Balaban J connectivity index is 1.68. The molecule has 0 saturated carbocycles. The SMILES string of the molecule is OCc1ccc2c(c1)CCN1[C@H](c3ccccc3)c3cc(O)c(O)cc3C[C@@H]21. The van der Waals surface area contributed by atoms with Crippen LogP contribution in [0.2, 0.25) is 0 Å². The molecule has 3 N–H and O–H groups in total. The largest absolute Gasteiger partial charge is 0.504 e. The Morgan fingerprint density at radius 3 is 2.43 bits per heavy atom. The van der Waals surface area contributed by atoms with Gasteiger partial charge in [0.15, 0.2) is 11.5 Å². The molecule has 5 rings (SSSR count). The summed E-state index contributed by atoms with van der Waals surface area (Å²) in [5.41, 5.74) is 6.87. The molecule has 0 radical (unpaired) electrons. The topological polar surface area (TPSA) is 63.9 Å². The zero-order valence-corrected chi connectivity index (χ0v) is 15.5. The molecule has 0 aromatic heterocycles. The van der Waals surface area contributed by atoms with Crippen LogP contribution in [0.3, 0.4) is 0 Å². The highest BCUT2D eigenvalue weighted by molar-refractivity contribution is 5.52. The molecule has 3 aromatic carbocycles. The summed E-state index contributed by atoms with van der Waals surface area (Å²) in [5, 5.41) is 29.7. The molecule has 142 valence electrons. The van der Waals surface area contributed by atoms with Gasteiger partial charge < -0.3 is 15.3 Å². The number of phenols is 2. The van der Waals surface area contributed by atoms with Crippen molar-refractivity contribution in [2.24, 2.45) is 0 Å². The second kappa shape index (κ2) is 6.66. The fourth-order valence-electron chi connectivity index (χ4n) is 4.88. The van der Waals surface area contributed by atoms with Crippen LogP contribution >= 0.6 is 0 Å². The molecule has 0 bridgehead atoms. The number of aliphatic hydroxyl groups is 1. The van der Waals surface area contributed by atoms with E-state index in [4.69, 9.17) is 0 Å². The van der Waals surface area contributed by atoms with Crippen LogP contribution in [0, 0.1) is 0 Å². The Bertz CT molecular complexity index is 1030. The summed E-state index contributed by atoms with van der Waals surface area (Å²) in [4.78, 5) is 2.51. The average Bonchev–Trinajstić information content (AvgIpc) is 2.73. The zero-order chi connectivity index (χ0) is 19.3. The van der Waals surface area contributed by atoms with Crippen molar-refractivity contribution in [3.8, 4) is 11.5 Å². The summed E-state index contributed by atoms with van der Waals surface area (Å²) in [5.74, 6) is -0.131. The van der Waals surface area contributed by atoms with E-state index in [1.54, 1.807) is 12.1 Å². The predicted molar refractivity (Wildman–Crippen MR) is 107 cm³/mol. The van der Waals surface area contributed by atoms with E-state index in [1.165, 1.54) is 16.7 Å². The summed E-state index contributed by atoms with van der Waals surface area (Å²) < 4.78 is 0. The highest BCUT2D eigenvalue weighted by atomic mass is 16.3. The van der Waals surface area contributed by atoms with Crippen molar-refractivity contribution in [3.05, 3.63) is 94.0 Å². The van der Waals surface area contributed by atoms with Crippen molar-refractivity contribution in [2.45, 2.75) is 31.5 Å². The lowest BCUT2D eigenvalue weighted by atomic mass is 9.78. The summed E-state index contributed by atoms with van der Waals surface area (Å²) >= 11 is 0. The Hall–Kier alpha value is -2.82. The summed E-state index contributed by atoms with van der Waals surface area (Å²) in [7, 11) is 0. The van der Waals surface area contributed by atoms with Crippen LogP contribution in [0.4, 0.5) is 0 Å². The van der Waals surface area contributed by atoms with Gasteiger partial charge in [0.05, 0.1) is 12.6 Å². The summed E-state index contributed by atoms with van der Waals surface area (Å²) in [6, 6.07) is 20.3. The maximum atomic E-state index is 10.2. The Labute approximate surface area is 164 Å². The quantitative estimate of drug-likeness (QED) is 0.598. The first-order valence-corrected chi connectivity index (χ1v) is 9.73. The molecule has 28 heavy (non-hydrogen) atoms. The van der Waals surface area contributed by atoms with Gasteiger partial charge in [-0.25, -0.2) is 0 Å². The van der Waals surface area contributed by atoms with Crippen molar-refractivity contribution in [1.29, 1.82) is 0 Å². The third kappa shape index (κ3) is 2.68. The van der Waals surface area contributed by atoms with Crippen LogP contribution in [0.25, 0.3) is 0 Å². The molecule has 0 aliphatic carbocycles. The van der Waals surface area contributed by atoms with Gasteiger partial charge in [0, 0.05) is 12.6 Å². The number of phenolic OH excluding ortho intramolecular Hbond substituents is 2. The molecule has 0 unspecified atom stereocenters. The lowest BCUT2D eigenvalue weighted by Gasteiger charge is -2.47. The van der Waals surface area contributed by atoms with Gasteiger partial charge in [0.1, 0.15) is 0 Å². The molecular weight excluding hydrogens is 350 g/mol. The standard InChI is InChI=1S/C24H23NO3/c26-14-15-6-7-19-17(10-15)8-9-25-21(19)11-18-12-22(27)23(28)13-20(18)24(25)16-4-2-1-3-5-16/h1-7,10,12-13,21,24,26-28H,8-9,11,14H2/t21-,24+/m0/s1. The lowest BCUT2D eigenvalue weighted by molar-refractivity contribution is 0.128. The van der Waals surface area contributed by atoms with Crippen molar-refractivity contribution < 1.29 is 15.3 Å². The van der Waals surface area contributed by atoms with Crippen molar-refractivity contribution in [1.82, 2.24) is 4.90 Å². The number of aliphatic hydroxyl groups excluding tert-OH is 1. The second-order valence-corrected chi connectivity index (χ2v) is 7.75. The molecule has 0 fully saturated rings. The molecule has 2 atom stereocenters. The fraction of sp³-hybridized carbons (Fsp3) is 0.250. The van der Waals surface area contributed by atoms with Gasteiger partial charge in [0.25, 0.3) is 0 Å². The van der Waals surface area contributed by atoms with E-state index < -0.39 is 0 Å². The number of fused-ring (bicyclic) bond motifs is 4. The van der Waals surface area contributed by atoms with Crippen LogP contribution in [0.1, 0.15) is 45.5 Å². The number of nitrogens with zero attached hydrogens (tertiary/aromatic N) is 1. The van der Waals surface area contributed by atoms with Crippen LogP contribution < -0.4 is 0 Å². The maximum absolute atomic E-state index is 10.2. The molecule has 0 amide bonds. The molecule has 4 nitrogen and oxygen atoms in total. The van der Waals surface area contributed by atoms with Crippen LogP contribution in [0.15, 0.2) is 60.7 Å². The molecule has 0 spiro atoms. The van der Waals surface area contributed by atoms with Gasteiger partial charge in [-0.3, -0.25) is 4.90 Å².